The van der Waals surface area contributed by atoms with E-state index in [-0.39, 0.29) is 31.1 Å². The molecule has 1 aromatic rings. The fourth-order valence-corrected chi connectivity index (χ4v) is 2.34. The highest BCUT2D eigenvalue weighted by Gasteiger charge is 2.47. The lowest BCUT2D eigenvalue weighted by Crippen LogP contribution is -2.47. The van der Waals surface area contributed by atoms with Crippen molar-refractivity contribution in [1.29, 1.82) is 0 Å². The molecule has 1 aliphatic rings. The van der Waals surface area contributed by atoms with Crippen molar-refractivity contribution in [2.75, 3.05) is 13.2 Å². The molecule has 3 N–H and O–H groups in total. The fraction of sp³-hybridized carbons (Fsp3) is 0.500. The number of rotatable bonds is 2. The molecule has 1 saturated heterocycles. The number of ether oxygens (including phenoxy) is 1. The number of halogens is 1. The molecular formula is C12H16FNO2. The molecule has 0 bridgehead atoms. The molecule has 0 radical (unpaired) electrons. The number of hydrogen-bond acceptors (Lipinski definition) is 3. The molecular weight excluding hydrogens is 209 g/mol. The summed E-state index contributed by atoms with van der Waals surface area (Å²) in [6, 6.07) is 6.39. The Morgan fingerprint density at radius 2 is 2.25 bits per heavy atom. The van der Waals surface area contributed by atoms with Gasteiger partial charge in [-0.15, -0.1) is 0 Å². The van der Waals surface area contributed by atoms with E-state index in [1.54, 1.807) is 18.2 Å². The Bertz CT molecular complexity index is 385. The molecule has 0 saturated carbocycles. The number of benzene rings is 1. The van der Waals surface area contributed by atoms with E-state index < -0.39 is 5.54 Å². The Morgan fingerprint density at radius 3 is 2.88 bits per heavy atom. The highest BCUT2D eigenvalue weighted by molar-refractivity contribution is 5.28. The number of nitrogens with two attached hydrogens (primary N) is 1. The first kappa shape index (κ1) is 11.5. The fourth-order valence-electron chi connectivity index (χ4n) is 2.34. The van der Waals surface area contributed by atoms with Gasteiger partial charge in [-0.05, 0) is 13.0 Å². The van der Waals surface area contributed by atoms with Crippen LogP contribution in [0.5, 0.6) is 0 Å². The molecule has 4 heteroatoms. The van der Waals surface area contributed by atoms with Gasteiger partial charge >= 0.3 is 0 Å². The van der Waals surface area contributed by atoms with Crippen LogP contribution in [-0.2, 0) is 10.3 Å². The Kier molecular flexibility index (Phi) is 2.97. The monoisotopic (exact) mass is 225 g/mol. The minimum absolute atomic E-state index is 0.105. The zero-order valence-electron chi connectivity index (χ0n) is 9.19. The second-order valence-electron chi connectivity index (χ2n) is 4.33. The van der Waals surface area contributed by atoms with Gasteiger partial charge in [0.25, 0.3) is 0 Å². The second kappa shape index (κ2) is 4.13. The maximum absolute atomic E-state index is 13.7. The van der Waals surface area contributed by atoms with Crippen LogP contribution in [0.15, 0.2) is 24.3 Å². The van der Waals surface area contributed by atoms with Crippen LogP contribution in [0.25, 0.3) is 0 Å². The van der Waals surface area contributed by atoms with Crippen molar-refractivity contribution in [3.8, 4) is 0 Å². The molecule has 2 rings (SSSR count). The molecule has 0 spiro atoms. The largest absolute Gasteiger partial charge is 0.396 e. The van der Waals surface area contributed by atoms with E-state index in [4.69, 9.17) is 10.5 Å². The van der Waals surface area contributed by atoms with Crippen LogP contribution < -0.4 is 5.73 Å². The number of hydrogen-bond donors (Lipinski definition) is 2. The Labute approximate surface area is 94.0 Å². The first-order valence-electron chi connectivity index (χ1n) is 5.36. The summed E-state index contributed by atoms with van der Waals surface area (Å²) in [5.74, 6) is -0.620. The highest BCUT2D eigenvalue weighted by atomic mass is 19.1. The standard InChI is InChI=1S/C12H16FNO2/c1-8-10(6-15)12(14,7-16-8)9-4-2-3-5-11(9)13/h2-5,8,10,15H,6-7,14H2,1H3/t8-,10?,12?/m1/s1. The average Bonchev–Trinajstić information content (AvgIpc) is 2.56. The first-order chi connectivity index (χ1) is 7.59. The van der Waals surface area contributed by atoms with Crippen LogP contribution in [0, 0.1) is 11.7 Å². The van der Waals surface area contributed by atoms with Crippen LogP contribution in [-0.4, -0.2) is 24.4 Å². The SMILES string of the molecule is C[C@H]1OCC(N)(c2ccccc2F)C1CO. The Morgan fingerprint density at radius 1 is 1.56 bits per heavy atom. The van der Waals surface area contributed by atoms with E-state index in [0.29, 0.717) is 5.56 Å². The molecule has 2 unspecified atom stereocenters. The van der Waals surface area contributed by atoms with E-state index in [0.717, 1.165) is 0 Å². The molecule has 88 valence electrons. The Balaban J connectivity index is 2.42. The van der Waals surface area contributed by atoms with Gasteiger partial charge in [0.1, 0.15) is 5.82 Å². The van der Waals surface area contributed by atoms with E-state index in [1.165, 1.54) is 6.07 Å². The van der Waals surface area contributed by atoms with Gasteiger partial charge in [0.05, 0.1) is 24.9 Å². The summed E-state index contributed by atoms with van der Waals surface area (Å²) in [7, 11) is 0. The van der Waals surface area contributed by atoms with Gasteiger partial charge in [-0.25, -0.2) is 4.39 Å². The van der Waals surface area contributed by atoms with Gasteiger partial charge < -0.3 is 15.6 Å². The van der Waals surface area contributed by atoms with Crippen molar-refractivity contribution in [2.24, 2.45) is 11.7 Å². The maximum Gasteiger partial charge on any atom is 0.128 e. The van der Waals surface area contributed by atoms with Crippen molar-refractivity contribution < 1.29 is 14.2 Å². The summed E-state index contributed by atoms with van der Waals surface area (Å²) in [4.78, 5) is 0. The minimum atomic E-state index is -0.931. The second-order valence-corrected chi connectivity index (χ2v) is 4.33. The smallest absolute Gasteiger partial charge is 0.128 e. The van der Waals surface area contributed by atoms with Gasteiger partial charge in [-0.3, -0.25) is 0 Å². The average molecular weight is 225 g/mol. The number of aliphatic hydroxyl groups is 1. The summed E-state index contributed by atoms with van der Waals surface area (Å²) in [5, 5.41) is 9.34. The quantitative estimate of drug-likeness (QED) is 0.789. The van der Waals surface area contributed by atoms with Gasteiger partial charge in [-0.1, -0.05) is 18.2 Å². The molecule has 0 aromatic heterocycles. The summed E-state index contributed by atoms with van der Waals surface area (Å²) in [6.07, 6.45) is -0.158. The lowest BCUT2D eigenvalue weighted by Gasteiger charge is -2.30. The van der Waals surface area contributed by atoms with Crippen molar-refractivity contribution in [3.05, 3.63) is 35.6 Å². The predicted octanol–water partition coefficient (Wildman–Crippen LogP) is 1.01. The zero-order chi connectivity index (χ0) is 11.8. The summed E-state index contributed by atoms with van der Waals surface area (Å²) in [5.41, 5.74) is 5.69. The predicted molar refractivity (Wildman–Crippen MR) is 58.3 cm³/mol. The number of aliphatic hydroxyl groups excluding tert-OH is 1. The molecule has 3 atom stereocenters. The van der Waals surface area contributed by atoms with E-state index in [9.17, 15) is 9.50 Å². The van der Waals surface area contributed by atoms with Gasteiger partial charge in [-0.2, -0.15) is 0 Å². The molecule has 0 aliphatic carbocycles. The molecule has 0 amide bonds. The van der Waals surface area contributed by atoms with Crippen molar-refractivity contribution in [3.63, 3.8) is 0 Å². The molecule has 1 aromatic carbocycles. The first-order valence-corrected chi connectivity index (χ1v) is 5.36. The minimum Gasteiger partial charge on any atom is -0.396 e. The molecule has 16 heavy (non-hydrogen) atoms. The van der Waals surface area contributed by atoms with E-state index in [1.807, 2.05) is 6.92 Å². The molecule has 1 fully saturated rings. The van der Waals surface area contributed by atoms with Gasteiger partial charge in [0, 0.05) is 11.5 Å². The summed E-state index contributed by atoms with van der Waals surface area (Å²) in [6.45, 7) is 1.97. The van der Waals surface area contributed by atoms with Gasteiger partial charge in [0.2, 0.25) is 0 Å². The Hall–Kier alpha value is -0.970. The van der Waals surface area contributed by atoms with E-state index in [2.05, 4.69) is 0 Å². The molecule has 1 heterocycles. The van der Waals surface area contributed by atoms with Crippen molar-refractivity contribution >= 4 is 0 Å². The molecule has 1 aliphatic heterocycles. The normalized spacial score (nSPS) is 34.2. The third-order valence-electron chi connectivity index (χ3n) is 3.39. The lowest BCUT2D eigenvalue weighted by atomic mass is 9.79. The highest BCUT2D eigenvalue weighted by Crippen LogP contribution is 2.37. The van der Waals surface area contributed by atoms with Crippen LogP contribution in [0.1, 0.15) is 12.5 Å². The van der Waals surface area contributed by atoms with Crippen molar-refractivity contribution in [2.45, 2.75) is 18.6 Å². The zero-order valence-corrected chi connectivity index (χ0v) is 9.19. The van der Waals surface area contributed by atoms with Crippen LogP contribution >= 0.6 is 0 Å². The van der Waals surface area contributed by atoms with Crippen LogP contribution in [0.4, 0.5) is 4.39 Å². The summed E-state index contributed by atoms with van der Waals surface area (Å²) < 4.78 is 19.1. The third-order valence-corrected chi connectivity index (χ3v) is 3.39. The van der Waals surface area contributed by atoms with Crippen molar-refractivity contribution in [1.82, 2.24) is 0 Å². The van der Waals surface area contributed by atoms with Crippen LogP contribution in [0.3, 0.4) is 0 Å². The molecule has 3 nitrogen and oxygen atoms in total. The lowest BCUT2D eigenvalue weighted by molar-refractivity contribution is 0.0861. The van der Waals surface area contributed by atoms with Crippen LogP contribution in [0.2, 0.25) is 0 Å². The summed E-state index contributed by atoms with van der Waals surface area (Å²) >= 11 is 0. The van der Waals surface area contributed by atoms with E-state index >= 15 is 0 Å². The maximum atomic E-state index is 13.7. The topological polar surface area (TPSA) is 55.5 Å². The third kappa shape index (κ3) is 1.63. The van der Waals surface area contributed by atoms with Gasteiger partial charge in [0.15, 0.2) is 0 Å².